The Kier molecular flexibility index (Phi) is 3.90. The van der Waals surface area contributed by atoms with Gasteiger partial charge in [0, 0.05) is 25.2 Å². The van der Waals surface area contributed by atoms with Gasteiger partial charge in [-0.05, 0) is 37.1 Å². The lowest BCUT2D eigenvalue weighted by Gasteiger charge is -2.33. The molecule has 1 aliphatic rings. The van der Waals surface area contributed by atoms with Gasteiger partial charge in [-0.15, -0.1) is 11.3 Å². The van der Waals surface area contributed by atoms with Crippen molar-refractivity contribution in [1.29, 1.82) is 0 Å². The molecule has 2 aromatic heterocycles. The van der Waals surface area contributed by atoms with Crippen molar-refractivity contribution in [2.75, 3.05) is 18.0 Å². The Hall–Kier alpha value is -2.47. The van der Waals surface area contributed by atoms with Crippen LogP contribution in [-0.4, -0.2) is 29.0 Å². The quantitative estimate of drug-likeness (QED) is 0.796. The molecule has 0 aliphatic carbocycles. The molecular formula is C18H18N4OS. The molecule has 122 valence electrons. The van der Waals surface area contributed by atoms with Crippen LogP contribution in [0.25, 0.3) is 10.2 Å². The summed E-state index contributed by atoms with van der Waals surface area (Å²) in [6.07, 6.45) is 3.87. The van der Waals surface area contributed by atoms with Gasteiger partial charge in [0.2, 0.25) is 0 Å². The first-order valence-corrected chi connectivity index (χ1v) is 8.89. The minimum Gasteiger partial charge on any atom is -0.365 e. The van der Waals surface area contributed by atoms with Crippen molar-refractivity contribution in [2.24, 2.45) is 5.73 Å². The molecule has 0 spiro atoms. The van der Waals surface area contributed by atoms with Gasteiger partial charge < -0.3 is 10.6 Å². The maximum atomic E-state index is 11.7. The van der Waals surface area contributed by atoms with Crippen LogP contribution in [0.5, 0.6) is 0 Å². The SMILES string of the molecule is NC(=O)c1cccnc1N1CCCC(c2nc3ccccc3s2)C1. The van der Waals surface area contributed by atoms with Crippen molar-refractivity contribution in [1.82, 2.24) is 9.97 Å². The maximum Gasteiger partial charge on any atom is 0.252 e. The molecular weight excluding hydrogens is 320 g/mol. The second-order valence-electron chi connectivity index (χ2n) is 6.04. The summed E-state index contributed by atoms with van der Waals surface area (Å²) in [5, 5.41) is 1.16. The summed E-state index contributed by atoms with van der Waals surface area (Å²) in [5.74, 6) is 0.620. The molecule has 1 amide bonds. The lowest BCUT2D eigenvalue weighted by molar-refractivity contribution is 0.100. The van der Waals surface area contributed by atoms with Crippen LogP contribution in [0.15, 0.2) is 42.6 Å². The molecule has 3 aromatic rings. The number of primary amides is 1. The molecule has 1 aromatic carbocycles. The molecule has 24 heavy (non-hydrogen) atoms. The maximum absolute atomic E-state index is 11.7. The highest BCUT2D eigenvalue weighted by atomic mass is 32.1. The number of amides is 1. The number of thiazole rings is 1. The van der Waals surface area contributed by atoms with Crippen molar-refractivity contribution in [3.8, 4) is 0 Å². The molecule has 1 unspecified atom stereocenters. The Balaban J connectivity index is 1.63. The van der Waals surface area contributed by atoms with Crippen LogP contribution < -0.4 is 10.6 Å². The predicted octanol–water partition coefficient (Wildman–Crippen LogP) is 3.17. The summed E-state index contributed by atoms with van der Waals surface area (Å²) in [6.45, 7) is 1.70. The number of anilines is 1. The first-order valence-electron chi connectivity index (χ1n) is 8.07. The second-order valence-corrected chi connectivity index (χ2v) is 7.11. The van der Waals surface area contributed by atoms with Gasteiger partial charge in [0.15, 0.2) is 0 Å². The molecule has 4 rings (SSSR count). The zero-order chi connectivity index (χ0) is 16.5. The van der Waals surface area contributed by atoms with Crippen LogP contribution in [-0.2, 0) is 0 Å². The number of nitrogens with zero attached hydrogens (tertiary/aromatic N) is 3. The van der Waals surface area contributed by atoms with Crippen molar-refractivity contribution in [3.63, 3.8) is 0 Å². The molecule has 0 saturated carbocycles. The summed E-state index contributed by atoms with van der Waals surface area (Å²) >= 11 is 1.76. The standard InChI is InChI=1S/C18H18N4OS/c19-16(23)13-6-3-9-20-17(13)22-10-4-5-12(11-22)18-21-14-7-1-2-8-15(14)24-18/h1-3,6-9,12H,4-5,10-11H2,(H2,19,23). The normalized spacial score (nSPS) is 18.0. The number of pyridine rings is 1. The summed E-state index contributed by atoms with van der Waals surface area (Å²) in [7, 11) is 0. The summed E-state index contributed by atoms with van der Waals surface area (Å²) < 4.78 is 1.22. The Labute approximate surface area is 144 Å². The van der Waals surface area contributed by atoms with Crippen LogP contribution in [0.1, 0.15) is 34.1 Å². The number of fused-ring (bicyclic) bond motifs is 1. The lowest BCUT2D eigenvalue weighted by Crippen LogP contribution is -2.36. The molecule has 6 heteroatoms. The minimum atomic E-state index is -0.430. The number of aromatic nitrogens is 2. The van der Waals surface area contributed by atoms with E-state index < -0.39 is 5.91 Å². The number of benzene rings is 1. The van der Waals surface area contributed by atoms with Gasteiger partial charge in [-0.1, -0.05) is 12.1 Å². The topological polar surface area (TPSA) is 72.1 Å². The molecule has 0 bridgehead atoms. The van der Waals surface area contributed by atoms with E-state index >= 15 is 0 Å². The highest BCUT2D eigenvalue weighted by Gasteiger charge is 2.26. The number of nitrogens with two attached hydrogens (primary N) is 1. The van der Waals surface area contributed by atoms with E-state index in [2.05, 4.69) is 22.0 Å². The van der Waals surface area contributed by atoms with Gasteiger partial charge in [0.05, 0.1) is 20.8 Å². The van der Waals surface area contributed by atoms with E-state index in [-0.39, 0.29) is 0 Å². The molecule has 0 radical (unpaired) electrons. The van der Waals surface area contributed by atoms with E-state index in [1.165, 1.54) is 4.70 Å². The fourth-order valence-electron chi connectivity index (χ4n) is 3.28. The monoisotopic (exact) mass is 338 g/mol. The molecule has 1 fully saturated rings. The number of hydrogen-bond acceptors (Lipinski definition) is 5. The smallest absolute Gasteiger partial charge is 0.252 e. The average molecular weight is 338 g/mol. The van der Waals surface area contributed by atoms with E-state index in [9.17, 15) is 4.79 Å². The van der Waals surface area contributed by atoms with Crippen molar-refractivity contribution in [3.05, 3.63) is 53.2 Å². The van der Waals surface area contributed by atoms with Crippen LogP contribution in [0.3, 0.4) is 0 Å². The number of carbonyl (C=O) groups is 1. The van der Waals surface area contributed by atoms with E-state index in [0.29, 0.717) is 17.3 Å². The molecule has 2 N–H and O–H groups in total. The first kappa shape index (κ1) is 15.1. The third-order valence-electron chi connectivity index (χ3n) is 4.43. The Morgan fingerprint density at radius 3 is 2.96 bits per heavy atom. The van der Waals surface area contributed by atoms with Crippen LogP contribution >= 0.6 is 11.3 Å². The number of carbonyl (C=O) groups excluding carboxylic acids is 1. The van der Waals surface area contributed by atoms with Crippen LogP contribution in [0.4, 0.5) is 5.82 Å². The minimum absolute atomic E-state index is 0.360. The van der Waals surface area contributed by atoms with Gasteiger partial charge in [-0.25, -0.2) is 9.97 Å². The second kappa shape index (κ2) is 6.20. The third-order valence-corrected chi connectivity index (χ3v) is 5.63. The van der Waals surface area contributed by atoms with Gasteiger partial charge in [0.1, 0.15) is 5.82 Å². The van der Waals surface area contributed by atoms with Crippen LogP contribution in [0.2, 0.25) is 0 Å². The van der Waals surface area contributed by atoms with E-state index in [4.69, 9.17) is 10.7 Å². The third kappa shape index (κ3) is 2.73. The Morgan fingerprint density at radius 2 is 2.12 bits per heavy atom. The predicted molar refractivity (Wildman–Crippen MR) is 96.6 cm³/mol. The summed E-state index contributed by atoms with van der Waals surface area (Å²) in [4.78, 5) is 23.1. The van der Waals surface area contributed by atoms with Gasteiger partial charge in [-0.2, -0.15) is 0 Å². The molecule has 1 saturated heterocycles. The van der Waals surface area contributed by atoms with E-state index in [0.717, 1.165) is 36.5 Å². The van der Waals surface area contributed by atoms with Crippen molar-refractivity contribution in [2.45, 2.75) is 18.8 Å². The van der Waals surface area contributed by atoms with Crippen molar-refractivity contribution < 1.29 is 4.79 Å². The number of piperidine rings is 1. The zero-order valence-corrected chi connectivity index (χ0v) is 14.0. The fourth-order valence-corrected chi connectivity index (χ4v) is 4.37. The lowest BCUT2D eigenvalue weighted by atomic mass is 9.98. The summed E-state index contributed by atoms with van der Waals surface area (Å²) in [5.41, 5.74) is 7.05. The number of hydrogen-bond donors (Lipinski definition) is 1. The molecule has 5 nitrogen and oxygen atoms in total. The summed E-state index contributed by atoms with van der Waals surface area (Å²) in [6, 6.07) is 11.7. The molecule has 1 aliphatic heterocycles. The Bertz CT molecular complexity index is 858. The number of para-hydroxylation sites is 1. The highest BCUT2D eigenvalue weighted by molar-refractivity contribution is 7.18. The molecule has 1 atom stereocenters. The molecule has 3 heterocycles. The van der Waals surface area contributed by atoms with Crippen LogP contribution in [0, 0.1) is 0 Å². The highest BCUT2D eigenvalue weighted by Crippen LogP contribution is 2.34. The van der Waals surface area contributed by atoms with Gasteiger partial charge >= 0.3 is 0 Å². The first-order chi connectivity index (χ1) is 11.7. The number of rotatable bonds is 3. The van der Waals surface area contributed by atoms with E-state index in [1.54, 1.807) is 29.7 Å². The van der Waals surface area contributed by atoms with Gasteiger partial charge in [0.25, 0.3) is 5.91 Å². The average Bonchev–Trinajstić information content (AvgIpc) is 3.06. The Morgan fingerprint density at radius 1 is 1.25 bits per heavy atom. The van der Waals surface area contributed by atoms with E-state index in [1.807, 2.05) is 12.1 Å². The zero-order valence-electron chi connectivity index (χ0n) is 13.2. The van der Waals surface area contributed by atoms with Gasteiger partial charge in [-0.3, -0.25) is 4.79 Å². The van der Waals surface area contributed by atoms with Crippen molar-refractivity contribution >= 4 is 33.3 Å². The largest absolute Gasteiger partial charge is 0.365 e. The fraction of sp³-hybridized carbons (Fsp3) is 0.278.